The van der Waals surface area contributed by atoms with E-state index in [4.69, 9.17) is 16.3 Å². The number of hydrogen-bond donors (Lipinski definition) is 1. The molecule has 1 fully saturated rings. The SMILES string of the molecule is C=CCn1c(COc2ccc(F)cc2Cl)nnc1SCC(=O)NC1CCCCCC1. The van der Waals surface area contributed by atoms with Gasteiger partial charge in [0.2, 0.25) is 5.91 Å². The number of aromatic nitrogens is 3. The Morgan fingerprint density at radius 3 is 2.80 bits per heavy atom. The van der Waals surface area contributed by atoms with Crippen molar-refractivity contribution in [3.05, 3.63) is 47.5 Å². The smallest absolute Gasteiger partial charge is 0.230 e. The molecule has 0 bridgehead atoms. The van der Waals surface area contributed by atoms with Gasteiger partial charge < -0.3 is 10.1 Å². The standard InChI is InChI=1S/C21H26ClFN4O2S/c1-2-11-27-19(13-29-18-10-9-15(23)12-17(18)22)25-26-21(27)30-14-20(28)24-16-7-5-3-4-6-8-16/h2,9-10,12,16H,1,3-8,11,13-14H2,(H,24,28). The summed E-state index contributed by atoms with van der Waals surface area (Å²) < 4.78 is 20.7. The molecule has 0 atom stereocenters. The number of carbonyl (C=O) groups is 1. The van der Waals surface area contributed by atoms with Crippen LogP contribution in [0.4, 0.5) is 4.39 Å². The molecule has 1 N–H and O–H groups in total. The minimum absolute atomic E-state index is 0.0101. The van der Waals surface area contributed by atoms with E-state index in [-0.39, 0.29) is 29.3 Å². The van der Waals surface area contributed by atoms with Crippen molar-refractivity contribution in [2.24, 2.45) is 0 Å². The lowest BCUT2D eigenvalue weighted by Gasteiger charge is -2.16. The Morgan fingerprint density at radius 2 is 2.10 bits per heavy atom. The van der Waals surface area contributed by atoms with Gasteiger partial charge >= 0.3 is 0 Å². The Morgan fingerprint density at radius 1 is 1.33 bits per heavy atom. The van der Waals surface area contributed by atoms with Crippen LogP contribution in [-0.2, 0) is 17.9 Å². The van der Waals surface area contributed by atoms with Crippen molar-refractivity contribution >= 4 is 29.3 Å². The second kappa shape index (κ2) is 11.4. The van der Waals surface area contributed by atoms with Gasteiger partial charge in [0.05, 0.1) is 10.8 Å². The Bertz CT molecular complexity index is 869. The summed E-state index contributed by atoms with van der Waals surface area (Å²) in [6.45, 7) is 4.37. The van der Waals surface area contributed by atoms with Crippen LogP contribution in [0.5, 0.6) is 5.75 Å². The Hall–Kier alpha value is -2.06. The summed E-state index contributed by atoms with van der Waals surface area (Å²) in [7, 11) is 0. The zero-order valence-electron chi connectivity index (χ0n) is 16.8. The molecule has 0 aliphatic heterocycles. The van der Waals surface area contributed by atoms with E-state index in [1.165, 1.54) is 55.6 Å². The summed E-state index contributed by atoms with van der Waals surface area (Å²) in [5, 5.41) is 12.3. The average molecular weight is 453 g/mol. The van der Waals surface area contributed by atoms with Crippen LogP contribution in [0.3, 0.4) is 0 Å². The number of ether oxygens (including phenoxy) is 1. The molecule has 1 saturated carbocycles. The second-order valence-electron chi connectivity index (χ2n) is 7.21. The predicted molar refractivity (Wildman–Crippen MR) is 116 cm³/mol. The molecule has 30 heavy (non-hydrogen) atoms. The maximum atomic E-state index is 13.2. The number of rotatable bonds is 9. The molecule has 0 saturated heterocycles. The summed E-state index contributed by atoms with van der Waals surface area (Å²) in [5.41, 5.74) is 0. The molecule has 3 rings (SSSR count). The van der Waals surface area contributed by atoms with Crippen molar-refractivity contribution in [3.8, 4) is 5.75 Å². The van der Waals surface area contributed by atoms with Crippen molar-refractivity contribution in [2.75, 3.05) is 5.75 Å². The number of allylic oxidation sites excluding steroid dienone is 1. The molecule has 1 aliphatic carbocycles. The van der Waals surface area contributed by atoms with E-state index in [1.54, 1.807) is 6.08 Å². The van der Waals surface area contributed by atoms with Crippen LogP contribution >= 0.6 is 23.4 Å². The second-order valence-corrected chi connectivity index (χ2v) is 8.56. The number of nitrogens with zero attached hydrogens (tertiary/aromatic N) is 3. The van der Waals surface area contributed by atoms with Gasteiger partial charge in [-0.2, -0.15) is 0 Å². The van der Waals surface area contributed by atoms with Gasteiger partial charge in [0.25, 0.3) is 0 Å². The monoisotopic (exact) mass is 452 g/mol. The molecule has 1 aromatic carbocycles. The maximum absolute atomic E-state index is 13.2. The predicted octanol–water partition coefficient (Wildman–Crippen LogP) is 4.77. The highest BCUT2D eigenvalue weighted by Crippen LogP contribution is 2.26. The fraction of sp³-hybridized carbons (Fsp3) is 0.476. The lowest BCUT2D eigenvalue weighted by molar-refractivity contribution is -0.119. The summed E-state index contributed by atoms with van der Waals surface area (Å²) in [4.78, 5) is 12.4. The third-order valence-electron chi connectivity index (χ3n) is 4.91. The lowest BCUT2D eigenvalue weighted by Crippen LogP contribution is -2.35. The van der Waals surface area contributed by atoms with Gasteiger partial charge in [-0.15, -0.1) is 16.8 Å². The first kappa shape index (κ1) is 22.6. The van der Waals surface area contributed by atoms with E-state index in [2.05, 4.69) is 22.1 Å². The Kier molecular flexibility index (Phi) is 8.57. The highest BCUT2D eigenvalue weighted by molar-refractivity contribution is 7.99. The fourth-order valence-corrected chi connectivity index (χ4v) is 4.40. The van der Waals surface area contributed by atoms with Crippen molar-refractivity contribution in [1.29, 1.82) is 0 Å². The van der Waals surface area contributed by atoms with Crippen LogP contribution in [0.15, 0.2) is 36.0 Å². The topological polar surface area (TPSA) is 69.0 Å². The molecule has 6 nitrogen and oxygen atoms in total. The van der Waals surface area contributed by atoms with Crippen molar-refractivity contribution in [1.82, 2.24) is 20.1 Å². The van der Waals surface area contributed by atoms with Crippen molar-refractivity contribution in [2.45, 2.75) is 62.9 Å². The number of halogens is 2. The molecular formula is C21H26ClFN4O2S. The molecule has 1 aromatic heterocycles. The van der Waals surface area contributed by atoms with Gasteiger partial charge in [-0.1, -0.05) is 55.1 Å². The number of thioether (sulfide) groups is 1. The summed E-state index contributed by atoms with van der Waals surface area (Å²) in [5.74, 6) is 0.792. The quantitative estimate of drug-likeness (QED) is 0.337. The number of amides is 1. The summed E-state index contributed by atoms with van der Waals surface area (Å²) >= 11 is 7.34. The van der Waals surface area contributed by atoms with Gasteiger partial charge in [0.15, 0.2) is 11.0 Å². The van der Waals surface area contributed by atoms with E-state index in [1.807, 2.05) is 4.57 Å². The van der Waals surface area contributed by atoms with Crippen LogP contribution in [0.1, 0.15) is 44.3 Å². The van der Waals surface area contributed by atoms with Gasteiger partial charge in [0.1, 0.15) is 18.2 Å². The van der Waals surface area contributed by atoms with Crippen molar-refractivity contribution in [3.63, 3.8) is 0 Å². The van der Waals surface area contributed by atoms with Gasteiger partial charge in [-0.05, 0) is 31.0 Å². The van der Waals surface area contributed by atoms with E-state index >= 15 is 0 Å². The maximum Gasteiger partial charge on any atom is 0.230 e. The van der Waals surface area contributed by atoms with E-state index < -0.39 is 5.82 Å². The van der Waals surface area contributed by atoms with Crippen LogP contribution < -0.4 is 10.1 Å². The average Bonchev–Trinajstić information content (AvgIpc) is 2.91. The van der Waals surface area contributed by atoms with E-state index in [0.29, 0.717) is 23.3 Å². The number of benzene rings is 1. The van der Waals surface area contributed by atoms with E-state index in [9.17, 15) is 9.18 Å². The number of nitrogens with one attached hydrogen (secondary N) is 1. The first-order chi connectivity index (χ1) is 14.6. The summed E-state index contributed by atoms with van der Waals surface area (Å²) in [6, 6.07) is 4.22. The molecule has 1 aliphatic rings. The molecule has 162 valence electrons. The lowest BCUT2D eigenvalue weighted by atomic mass is 10.1. The number of carbonyl (C=O) groups excluding carboxylic acids is 1. The number of hydrogen-bond acceptors (Lipinski definition) is 5. The van der Waals surface area contributed by atoms with Crippen LogP contribution in [0, 0.1) is 5.82 Å². The van der Waals surface area contributed by atoms with Crippen LogP contribution in [0.25, 0.3) is 0 Å². The molecule has 2 aromatic rings. The molecule has 0 spiro atoms. The van der Waals surface area contributed by atoms with E-state index in [0.717, 1.165) is 12.8 Å². The molecule has 1 amide bonds. The Labute approximate surface area is 185 Å². The normalized spacial score (nSPS) is 14.9. The first-order valence-electron chi connectivity index (χ1n) is 10.1. The molecule has 0 unspecified atom stereocenters. The van der Waals surface area contributed by atoms with Crippen molar-refractivity contribution < 1.29 is 13.9 Å². The third-order valence-corrected chi connectivity index (χ3v) is 6.17. The van der Waals surface area contributed by atoms with Gasteiger partial charge in [-0.3, -0.25) is 9.36 Å². The van der Waals surface area contributed by atoms with Gasteiger partial charge in [0, 0.05) is 12.6 Å². The zero-order valence-corrected chi connectivity index (χ0v) is 18.4. The highest BCUT2D eigenvalue weighted by atomic mass is 35.5. The third kappa shape index (κ3) is 6.47. The first-order valence-corrected chi connectivity index (χ1v) is 11.5. The largest absolute Gasteiger partial charge is 0.484 e. The zero-order chi connectivity index (χ0) is 21.3. The molecule has 0 radical (unpaired) electrons. The highest BCUT2D eigenvalue weighted by Gasteiger charge is 2.17. The van der Waals surface area contributed by atoms with Crippen LogP contribution in [0.2, 0.25) is 5.02 Å². The minimum Gasteiger partial charge on any atom is -0.484 e. The minimum atomic E-state index is -0.428. The molecule has 9 heteroatoms. The van der Waals surface area contributed by atoms with Gasteiger partial charge in [-0.25, -0.2) is 4.39 Å². The molecular weight excluding hydrogens is 427 g/mol. The molecule has 1 heterocycles. The fourth-order valence-electron chi connectivity index (χ4n) is 3.40. The summed E-state index contributed by atoms with van der Waals surface area (Å²) in [6.07, 6.45) is 8.68. The van der Waals surface area contributed by atoms with Crippen LogP contribution in [-0.4, -0.2) is 32.5 Å². The Balaban J connectivity index is 1.57.